The molecule has 0 aliphatic carbocycles. The molecule has 0 saturated carbocycles. The maximum atomic E-state index is 13.7. The van der Waals surface area contributed by atoms with Gasteiger partial charge >= 0.3 is 0 Å². The molecule has 0 amide bonds. The molecular weight excluding hydrogens is 224 g/mol. The third kappa shape index (κ3) is 3.75. The second-order valence-corrected chi connectivity index (χ2v) is 4.71. The third-order valence-corrected chi connectivity index (χ3v) is 2.62. The standard InChI is InChI=1S/C13H19F2NO/c1-9(2)7-13(14,15)11-5-3-10(4-6-11)12(16)8-17/h3-6,9,12,17H,7-8,16H2,1-2H3. The number of aliphatic hydroxyl groups is 1. The molecule has 0 bridgehead atoms. The molecule has 1 rings (SSSR count). The van der Waals surface area contributed by atoms with Crippen LogP contribution in [0.2, 0.25) is 0 Å². The Balaban J connectivity index is 2.86. The highest BCUT2D eigenvalue weighted by Gasteiger charge is 2.32. The number of rotatable bonds is 5. The Morgan fingerprint density at radius 1 is 1.24 bits per heavy atom. The molecule has 1 aromatic carbocycles. The van der Waals surface area contributed by atoms with Gasteiger partial charge in [-0.25, -0.2) is 8.78 Å². The van der Waals surface area contributed by atoms with Crippen LogP contribution in [0.1, 0.15) is 37.4 Å². The average molecular weight is 243 g/mol. The summed E-state index contributed by atoms with van der Waals surface area (Å²) in [6.07, 6.45) is -0.168. The number of nitrogens with two attached hydrogens (primary N) is 1. The van der Waals surface area contributed by atoms with Crippen molar-refractivity contribution in [3.63, 3.8) is 0 Å². The van der Waals surface area contributed by atoms with E-state index >= 15 is 0 Å². The molecule has 17 heavy (non-hydrogen) atoms. The van der Waals surface area contributed by atoms with E-state index in [1.807, 2.05) is 0 Å². The number of halogens is 2. The van der Waals surface area contributed by atoms with Crippen LogP contribution in [0, 0.1) is 5.92 Å². The quantitative estimate of drug-likeness (QED) is 0.835. The number of alkyl halides is 2. The summed E-state index contributed by atoms with van der Waals surface area (Å²) in [5.41, 5.74) is 6.26. The van der Waals surface area contributed by atoms with Crippen LogP contribution in [0.3, 0.4) is 0 Å². The second-order valence-electron chi connectivity index (χ2n) is 4.71. The van der Waals surface area contributed by atoms with Gasteiger partial charge in [0.15, 0.2) is 0 Å². The summed E-state index contributed by atoms with van der Waals surface area (Å²) in [5.74, 6) is -2.87. The normalized spacial score (nSPS) is 14.1. The molecule has 1 aromatic rings. The molecule has 0 aliphatic rings. The number of benzene rings is 1. The van der Waals surface area contributed by atoms with Crippen molar-refractivity contribution in [3.05, 3.63) is 35.4 Å². The third-order valence-electron chi connectivity index (χ3n) is 2.62. The van der Waals surface area contributed by atoms with E-state index in [2.05, 4.69) is 0 Å². The number of hydrogen-bond donors (Lipinski definition) is 2. The first-order valence-electron chi connectivity index (χ1n) is 5.71. The number of aliphatic hydroxyl groups excluding tert-OH is 1. The summed E-state index contributed by atoms with van der Waals surface area (Å²) in [5, 5.41) is 8.86. The SMILES string of the molecule is CC(C)CC(F)(F)c1ccc(C(N)CO)cc1. The van der Waals surface area contributed by atoms with Gasteiger partial charge in [-0.2, -0.15) is 0 Å². The largest absolute Gasteiger partial charge is 0.394 e. The van der Waals surface area contributed by atoms with Crippen molar-refractivity contribution < 1.29 is 13.9 Å². The zero-order valence-electron chi connectivity index (χ0n) is 10.2. The minimum atomic E-state index is -2.81. The van der Waals surface area contributed by atoms with Crippen molar-refractivity contribution >= 4 is 0 Å². The van der Waals surface area contributed by atoms with E-state index < -0.39 is 12.0 Å². The van der Waals surface area contributed by atoms with Gasteiger partial charge in [0.2, 0.25) is 0 Å². The lowest BCUT2D eigenvalue weighted by Crippen LogP contribution is -2.18. The van der Waals surface area contributed by atoms with E-state index in [4.69, 9.17) is 10.8 Å². The van der Waals surface area contributed by atoms with E-state index in [-0.39, 0.29) is 24.5 Å². The smallest absolute Gasteiger partial charge is 0.273 e. The van der Waals surface area contributed by atoms with E-state index in [0.717, 1.165) is 0 Å². The molecule has 0 radical (unpaired) electrons. The molecule has 1 atom stereocenters. The van der Waals surface area contributed by atoms with E-state index in [1.165, 1.54) is 12.1 Å². The van der Waals surface area contributed by atoms with Gasteiger partial charge in [0.1, 0.15) is 0 Å². The fourth-order valence-corrected chi connectivity index (χ4v) is 1.71. The fourth-order valence-electron chi connectivity index (χ4n) is 1.71. The van der Waals surface area contributed by atoms with Crippen LogP contribution in [-0.4, -0.2) is 11.7 Å². The van der Waals surface area contributed by atoms with Crippen molar-refractivity contribution in [2.75, 3.05) is 6.61 Å². The van der Waals surface area contributed by atoms with Crippen molar-refractivity contribution in [1.29, 1.82) is 0 Å². The van der Waals surface area contributed by atoms with Crippen molar-refractivity contribution in [3.8, 4) is 0 Å². The topological polar surface area (TPSA) is 46.2 Å². The van der Waals surface area contributed by atoms with Crippen molar-refractivity contribution in [2.24, 2.45) is 11.7 Å². The molecule has 0 aromatic heterocycles. The van der Waals surface area contributed by atoms with Gasteiger partial charge in [0.05, 0.1) is 12.6 Å². The monoisotopic (exact) mass is 243 g/mol. The van der Waals surface area contributed by atoms with Gasteiger partial charge in [-0.15, -0.1) is 0 Å². The van der Waals surface area contributed by atoms with Crippen LogP contribution in [-0.2, 0) is 5.92 Å². The predicted molar refractivity (Wildman–Crippen MR) is 63.8 cm³/mol. The van der Waals surface area contributed by atoms with Crippen LogP contribution < -0.4 is 5.73 Å². The van der Waals surface area contributed by atoms with Gasteiger partial charge < -0.3 is 10.8 Å². The molecule has 0 fully saturated rings. The Hall–Kier alpha value is -1.00. The molecule has 4 heteroatoms. The maximum absolute atomic E-state index is 13.7. The lowest BCUT2D eigenvalue weighted by molar-refractivity contribution is -0.0249. The molecule has 0 aliphatic heterocycles. The molecular formula is C13H19F2NO. The van der Waals surface area contributed by atoms with Gasteiger partial charge in [0.25, 0.3) is 5.92 Å². The minimum absolute atomic E-state index is 0.0000831. The Labute approximate surface area is 100 Å². The molecule has 0 heterocycles. The Morgan fingerprint density at radius 2 is 1.76 bits per heavy atom. The summed E-state index contributed by atoms with van der Waals surface area (Å²) >= 11 is 0. The molecule has 1 unspecified atom stereocenters. The van der Waals surface area contributed by atoms with Gasteiger partial charge in [-0.05, 0) is 11.5 Å². The Bertz CT molecular complexity index is 349. The second kappa shape index (κ2) is 5.56. The Kier molecular flexibility index (Phi) is 4.60. The van der Waals surface area contributed by atoms with Crippen LogP contribution in [0.15, 0.2) is 24.3 Å². The lowest BCUT2D eigenvalue weighted by atomic mass is 9.96. The first kappa shape index (κ1) is 14.1. The summed E-state index contributed by atoms with van der Waals surface area (Å²) in [7, 11) is 0. The fraction of sp³-hybridized carbons (Fsp3) is 0.538. The van der Waals surface area contributed by atoms with Crippen molar-refractivity contribution in [1.82, 2.24) is 0 Å². The van der Waals surface area contributed by atoms with Gasteiger partial charge in [0, 0.05) is 12.0 Å². The maximum Gasteiger partial charge on any atom is 0.273 e. The summed E-state index contributed by atoms with van der Waals surface area (Å²) in [4.78, 5) is 0. The minimum Gasteiger partial charge on any atom is -0.394 e. The molecule has 3 N–H and O–H groups in total. The van der Waals surface area contributed by atoms with Crippen molar-refractivity contribution in [2.45, 2.75) is 32.2 Å². The molecule has 2 nitrogen and oxygen atoms in total. The van der Waals surface area contributed by atoms with E-state index in [0.29, 0.717) is 5.56 Å². The highest BCUT2D eigenvalue weighted by molar-refractivity contribution is 5.27. The van der Waals surface area contributed by atoms with Crippen LogP contribution in [0.5, 0.6) is 0 Å². The Morgan fingerprint density at radius 3 is 2.18 bits per heavy atom. The summed E-state index contributed by atoms with van der Waals surface area (Å²) in [6, 6.07) is 5.35. The van der Waals surface area contributed by atoms with Gasteiger partial charge in [-0.1, -0.05) is 38.1 Å². The van der Waals surface area contributed by atoms with E-state index in [1.54, 1.807) is 26.0 Å². The van der Waals surface area contributed by atoms with Gasteiger partial charge in [-0.3, -0.25) is 0 Å². The zero-order valence-corrected chi connectivity index (χ0v) is 10.2. The highest BCUT2D eigenvalue weighted by atomic mass is 19.3. The highest BCUT2D eigenvalue weighted by Crippen LogP contribution is 2.34. The van der Waals surface area contributed by atoms with Crippen LogP contribution in [0.4, 0.5) is 8.78 Å². The first-order valence-corrected chi connectivity index (χ1v) is 5.71. The molecule has 96 valence electrons. The van der Waals surface area contributed by atoms with Crippen LogP contribution >= 0.6 is 0 Å². The summed E-state index contributed by atoms with van der Waals surface area (Å²) in [6.45, 7) is 3.34. The lowest BCUT2D eigenvalue weighted by Gasteiger charge is -2.19. The summed E-state index contributed by atoms with van der Waals surface area (Å²) < 4.78 is 27.5. The zero-order chi connectivity index (χ0) is 13.1. The first-order chi connectivity index (χ1) is 7.86. The predicted octanol–water partition coefficient (Wildman–Crippen LogP) is 2.82. The van der Waals surface area contributed by atoms with Crippen LogP contribution in [0.25, 0.3) is 0 Å². The van der Waals surface area contributed by atoms with E-state index in [9.17, 15) is 8.78 Å². The molecule has 0 saturated heterocycles. The molecule has 0 spiro atoms. The number of hydrogen-bond acceptors (Lipinski definition) is 2. The average Bonchev–Trinajstić information content (AvgIpc) is 2.26.